The number of hydrogen-bond donors (Lipinski definition) is 4. The average molecular weight is 875 g/mol. The predicted molar refractivity (Wildman–Crippen MR) is 246 cm³/mol. The third-order valence-electron chi connectivity index (χ3n) is 13.3. The number of imidazole rings is 2. The quantitative estimate of drug-likeness (QED) is 0.103. The number of ether oxygens (including phenoxy) is 2. The summed E-state index contributed by atoms with van der Waals surface area (Å²) in [6, 6.07) is 11.4. The number of nitrogens with zero attached hydrogens (tertiary/aromatic N) is 6. The fraction of sp³-hybridized carbons (Fsp3) is 0.500. The summed E-state index contributed by atoms with van der Waals surface area (Å²) in [6.45, 7) is 15.0. The highest BCUT2D eigenvalue weighted by Crippen LogP contribution is 2.46. The number of likely N-dealkylation sites (N-methyl/N-ethyl adjacent to an activating group) is 1. The Morgan fingerprint density at radius 3 is 1.72 bits per heavy atom. The van der Waals surface area contributed by atoms with E-state index >= 15 is 0 Å². The Morgan fingerprint density at radius 1 is 0.703 bits per heavy atom. The third-order valence-corrected chi connectivity index (χ3v) is 13.3. The molecule has 4 atom stereocenters. The van der Waals surface area contributed by atoms with E-state index in [2.05, 4.69) is 87.4 Å². The lowest BCUT2D eigenvalue weighted by atomic mass is 9.93. The molecule has 64 heavy (non-hydrogen) atoms. The number of aromatic nitrogens is 5. The molecule has 0 radical (unpaired) electrons. The van der Waals surface area contributed by atoms with Crippen LogP contribution < -0.4 is 15.5 Å². The largest absolute Gasteiger partial charge is 0.453 e. The maximum absolute atomic E-state index is 13.8. The van der Waals surface area contributed by atoms with Gasteiger partial charge >= 0.3 is 12.2 Å². The van der Waals surface area contributed by atoms with Crippen molar-refractivity contribution in [1.82, 2.24) is 44.9 Å². The molecule has 3 aliphatic heterocycles. The molecule has 0 aliphatic carbocycles. The molecule has 6 heterocycles. The molecule has 2 aromatic carbocycles. The lowest BCUT2D eigenvalue weighted by Gasteiger charge is -2.30. The molecule has 16 nitrogen and oxygen atoms in total. The second-order valence-electron chi connectivity index (χ2n) is 18.4. The van der Waals surface area contributed by atoms with Crippen molar-refractivity contribution in [2.75, 3.05) is 45.8 Å². The molecule has 2 saturated heterocycles. The maximum atomic E-state index is 13.8. The first-order chi connectivity index (χ1) is 30.7. The second kappa shape index (κ2) is 18.0. The van der Waals surface area contributed by atoms with Crippen LogP contribution in [0.1, 0.15) is 102 Å². The monoisotopic (exact) mass is 874 g/mol. The molecule has 4 amide bonds. The van der Waals surface area contributed by atoms with Gasteiger partial charge in [0.05, 0.1) is 55.8 Å². The zero-order chi connectivity index (χ0) is 45.6. The van der Waals surface area contributed by atoms with Crippen LogP contribution in [-0.2, 0) is 25.6 Å². The molecule has 1 unspecified atom stereocenters. The van der Waals surface area contributed by atoms with Crippen LogP contribution in [0.15, 0.2) is 48.8 Å². The number of aromatic amines is 2. The van der Waals surface area contributed by atoms with Crippen LogP contribution in [0.3, 0.4) is 0 Å². The summed E-state index contributed by atoms with van der Waals surface area (Å²) in [5, 5.41) is 6.66. The van der Waals surface area contributed by atoms with Crippen LogP contribution >= 0.6 is 0 Å². The lowest BCUT2D eigenvalue weighted by molar-refractivity contribution is -0.136. The molecular weight excluding hydrogens is 813 g/mol. The molecule has 0 saturated carbocycles. The van der Waals surface area contributed by atoms with Crippen molar-refractivity contribution in [1.29, 1.82) is 0 Å². The lowest BCUT2D eigenvalue weighted by Crippen LogP contribution is -2.51. The Morgan fingerprint density at radius 2 is 1.22 bits per heavy atom. The van der Waals surface area contributed by atoms with Crippen LogP contribution in [-0.4, -0.2) is 111 Å². The van der Waals surface area contributed by atoms with E-state index in [1.807, 2.05) is 49.9 Å². The Hall–Kier alpha value is -6.32. The van der Waals surface area contributed by atoms with Gasteiger partial charge in [-0.3, -0.25) is 9.59 Å². The molecule has 2 fully saturated rings. The molecule has 5 aromatic rings. The smallest absolute Gasteiger partial charge is 0.407 e. The number of carbonyl (C=O) groups excluding carboxylic acids is 4. The SMILES string of the molecule is COC(=O)NC(C(=O)N1CCC[C@H]1c1ncc(-c2ccc3c(c2)N(C)CCn2c-3c(C(C)C)c3cc(-c4cnc([C@@H]5CCCN5C(=O)[C@@H](NC(=O)OC)C(C)C)[nH]4)ccc32)[nH]1)C(C)C. The van der Waals surface area contributed by atoms with Gasteiger partial charge < -0.3 is 49.3 Å². The van der Waals surface area contributed by atoms with E-state index < -0.39 is 24.3 Å². The van der Waals surface area contributed by atoms with Gasteiger partial charge in [-0.1, -0.05) is 59.7 Å². The number of nitrogens with one attached hydrogen (secondary N) is 4. The van der Waals surface area contributed by atoms with E-state index in [-0.39, 0.29) is 41.7 Å². The molecule has 8 rings (SSSR count). The van der Waals surface area contributed by atoms with Crippen molar-refractivity contribution in [2.24, 2.45) is 11.8 Å². The maximum Gasteiger partial charge on any atom is 0.407 e. The first kappa shape index (κ1) is 44.3. The average Bonchev–Trinajstić information content (AvgIpc) is 4.14. The number of amides is 4. The van der Waals surface area contributed by atoms with Gasteiger partial charge in [0, 0.05) is 66.5 Å². The zero-order valence-corrected chi connectivity index (χ0v) is 38.4. The molecule has 16 heteroatoms. The Bertz CT molecular complexity index is 2550. The number of anilines is 1. The number of rotatable bonds is 11. The van der Waals surface area contributed by atoms with Gasteiger partial charge in [0.25, 0.3) is 0 Å². The van der Waals surface area contributed by atoms with E-state index in [1.54, 1.807) is 0 Å². The van der Waals surface area contributed by atoms with Gasteiger partial charge in [-0.25, -0.2) is 19.6 Å². The van der Waals surface area contributed by atoms with Gasteiger partial charge in [0.2, 0.25) is 11.8 Å². The Kier molecular flexibility index (Phi) is 12.5. The molecule has 3 aliphatic rings. The summed E-state index contributed by atoms with van der Waals surface area (Å²) < 4.78 is 12.1. The Labute approximate surface area is 374 Å². The minimum Gasteiger partial charge on any atom is -0.453 e. The van der Waals surface area contributed by atoms with Crippen molar-refractivity contribution in [3.05, 3.63) is 66.0 Å². The predicted octanol–water partition coefficient (Wildman–Crippen LogP) is 7.75. The van der Waals surface area contributed by atoms with Crippen molar-refractivity contribution >= 4 is 40.6 Å². The summed E-state index contributed by atoms with van der Waals surface area (Å²) in [5.41, 5.74) is 9.72. The van der Waals surface area contributed by atoms with E-state index in [4.69, 9.17) is 19.4 Å². The van der Waals surface area contributed by atoms with Crippen LogP contribution in [0, 0.1) is 11.8 Å². The highest BCUT2D eigenvalue weighted by molar-refractivity contribution is 5.98. The van der Waals surface area contributed by atoms with E-state index in [9.17, 15) is 19.2 Å². The van der Waals surface area contributed by atoms with Gasteiger partial charge in [0.15, 0.2) is 0 Å². The minimum atomic E-state index is -0.701. The minimum absolute atomic E-state index is 0.116. The number of carbonyl (C=O) groups is 4. The van der Waals surface area contributed by atoms with Crippen molar-refractivity contribution < 1.29 is 28.7 Å². The van der Waals surface area contributed by atoms with Crippen LogP contribution in [0.4, 0.5) is 15.3 Å². The summed E-state index contributed by atoms with van der Waals surface area (Å²) in [7, 11) is 4.74. The van der Waals surface area contributed by atoms with Crippen molar-refractivity contribution in [3.8, 4) is 33.8 Å². The summed E-state index contributed by atoms with van der Waals surface area (Å²) in [6.07, 6.45) is 5.71. The Balaban J connectivity index is 1.08. The number of likely N-dealkylation sites (tertiary alicyclic amines) is 2. The van der Waals surface area contributed by atoms with Gasteiger partial charge in [0.1, 0.15) is 23.7 Å². The second-order valence-corrected chi connectivity index (χ2v) is 18.4. The standard InChI is InChI=1S/C48H62N10O6/c1-26(2)39-32-22-29(33-24-49-43(51-33)36-12-10-18-57(36)45(59)40(27(3)4)53-47(61)63-8)15-17-35(32)56-21-20-55(7)38-23-30(14-16-31(38)42(39)56)34-25-50-44(52-34)37-13-11-19-58(37)46(60)41(28(5)6)54-48(62)64-9/h14-17,22-28,36-37,40-41H,10-13,18-21H2,1-9H3,(H,49,51)(H,50,52)(H,53,61)(H,54,62)/t36-,37-,40-,41?/m0/s1. The van der Waals surface area contributed by atoms with Gasteiger partial charge in [-0.2, -0.15) is 0 Å². The van der Waals surface area contributed by atoms with Gasteiger partial charge in [-0.05, 0) is 67.2 Å². The molecule has 3 aromatic heterocycles. The van der Waals surface area contributed by atoms with E-state index in [0.717, 1.165) is 84.2 Å². The zero-order valence-electron chi connectivity index (χ0n) is 38.4. The first-order valence-corrected chi connectivity index (χ1v) is 22.6. The van der Waals surface area contributed by atoms with Crippen LogP contribution in [0.5, 0.6) is 0 Å². The number of methoxy groups -OCH3 is 2. The fourth-order valence-electron chi connectivity index (χ4n) is 9.93. The molecule has 4 N–H and O–H groups in total. The highest BCUT2D eigenvalue weighted by Gasteiger charge is 2.39. The molecule has 0 spiro atoms. The number of fused-ring (bicyclic) bond motifs is 5. The molecular formula is C48H62N10O6. The van der Waals surface area contributed by atoms with Gasteiger partial charge in [-0.15, -0.1) is 0 Å². The number of alkyl carbamates (subject to hydrolysis) is 2. The third kappa shape index (κ3) is 8.18. The molecule has 0 bridgehead atoms. The van der Waals surface area contributed by atoms with E-state index in [0.29, 0.717) is 13.1 Å². The summed E-state index contributed by atoms with van der Waals surface area (Å²) in [5.74, 6) is 1.18. The van der Waals surface area contributed by atoms with Crippen molar-refractivity contribution in [3.63, 3.8) is 0 Å². The normalized spacial score (nSPS) is 18.3. The first-order valence-electron chi connectivity index (χ1n) is 22.6. The number of benzene rings is 2. The van der Waals surface area contributed by atoms with Crippen LogP contribution in [0.2, 0.25) is 0 Å². The highest BCUT2D eigenvalue weighted by atomic mass is 16.5. The summed E-state index contributed by atoms with van der Waals surface area (Å²) >= 11 is 0. The number of hydrogen-bond acceptors (Lipinski definition) is 9. The number of H-pyrrole nitrogens is 2. The van der Waals surface area contributed by atoms with Crippen molar-refractivity contribution in [2.45, 2.75) is 104 Å². The van der Waals surface area contributed by atoms with E-state index in [1.165, 1.54) is 36.4 Å². The fourth-order valence-corrected chi connectivity index (χ4v) is 9.93. The topological polar surface area (TPSA) is 183 Å². The summed E-state index contributed by atoms with van der Waals surface area (Å²) in [4.78, 5) is 74.6. The van der Waals surface area contributed by atoms with Crippen LogP contribution in [0.25, 0.3) is 44.7 Å². The molecule has 340 valence electrons.